The fourth-order valence-electron chi connectivity index (χ4n) is 3.14. The van der Waals surface area contributed by atoms with Crippen LogP contribution in [0.2, 0.25) is 5.02 Å². The van der Waals surface area contributed by atoms with E-state index >= 15 is 0 Å². The van der Waals surface area contributed by atoms with Crippen LogP contribution in [0.3, 0.4) is 0 Å². The molecule has 9 nitrogen and oxygen atoms in total. The number of carbonyl (C=O) groups is 1. The first kappa shape index (κ1) is 18.9. The Hall–Kier alpha value is -3.46. The first-order chi connectivity index (χ1) is 13.9. The van der Waals surface area contributed by atoms with Crippen LogP contribution < -0.4 is 10.1 Å². The van der Waals surface area contributed by atoms with Crippen molar-refractivity contribution in [2.75, 3.05) is 11.9 Å². The number of para-hydroxylation sites is 1. The van der Waals surface area contributed by atoms with E-state index in [1.54, 1.807) is 29.9 Å². The van der Waals surface area contributed by atoms with Crippen molar-refractivity contribution in [2.45, 2.75) is 13.8 Å². The molecule has 4 aromatic rings. The number of fused-ring (bicyclic) bond motifs is 1. The minimum Gasteiger partial charge on any atom is -0.466 e. The number of benzene rings is 1. The summed E-state index contributed by atoms with van der Waals surface area (Å²) in [5.41, 5.74) is 3.61. The van der Waals surface area contributed by atoms with Crippen molar-refractivity contribution < 1.29 is 9.53 Å². The van der Waals surface area contributed by atoms with Gasteiger partial charge in [0.05, 0.1) is 16.1 Å². The zero-order chi connectivity index (χ0) is 20.5. The third kappa shape index (κ3) is 3.64. The lowest BCUT2D eigenvalue weighted by molar-refractivity contribution is -0.118. The molecule has 1 N–H and O–H groups in total. The normalized spacial score (nSPS) is 11.0. The monoisotopic (exact) mass is 411 g/mol. The van der Waals surface area contributed by atoms with Crippen LogP contribution in [0.4, 0.5) is 5.69 Å². The summed E-state index contributed by atoms with van der Waals surface area (Å²) in [4.78, 5) is 20.9. The van der Waals surface area contributed by atoms with Crippen molar-refractivity contribution in [3.8, 4) is 11.6 Å². The molecule has 3 aromatic heterocycles. The number of anilines is 1. The molecule has 0 atom stereocenters. The predicted octanol–water partition coefficient (Wildman–Crippen LogP) is 2.84. The Morgan fingerprint density at radius 1 is 1.31 bits per heavy atom. The van der Waals surface area contributed by atoms with Crippen LogP contribution in [0, 0.1) is 13.8 Å². The molecule has 0 radical (unpaired) electrons. The van der Waals surface area contributed by atoms with Crippen LogP contribution in [0.1, 0.15) is 11.3 Å². The van der Waals surface area contributed by atoms with E-state index in [0.29, 0.717) is 27.9 Å². The predicted molar refractivity (Wildman–Crippen MR) is 108 cm³/mol. The van der Waals surface area contributed by atoms with Crippen LogP contribution in [-0.4, -0.2) is 42.0 Å². The van der Waals surface area contributed by atoms with E-state index in [-0.39, 0.29) is 12.5 Å². The Bertz CT molecular complexity index is 1200. The lowest BCUT2D eigenvalue weighted by Gasteiger charge is -2.12. The molecule has 0 unspecified atom stereocenters. The summed E-state index contributed by atoms with van der Waals surface area (Å²) >= 11 is 6.28. The van der Waals surface area contributed by atoms with Gasteiger partial charge in [0.15, 0.2) is 12.3 Å². The molecule has 0 aliphatic carbocycles. The van der Waals surface area contributed by atoms with E-state index in [1.165, 1.54) is 17.3 Å². The second kappa shape index (κ2) is 7.51. The summed E-state index contributed by atoms with van der Waals surface area (Å²) in [6.07, 6.45) is 2.90. The van der Waals surface area contributed by atoms with Crippen molar-refractivity contribution in [3.63, 3.8) is 0 Å². The summed E-state index contributed by atoms with van der Waals surface area (Å²) in [5, 5.41) is 12.5. The van der Waals surface area contributed by atoms with Gasteiger partial charge in [-0.2, -0.15) is 5.10 Å². The number of nitrogens with one attached hydrogen (secondary N) is 1. The van der Waals surface area contributed by atoms with Crippen molar-refractivity contribution in [1.29, 1.82) is 0 Å². The highest BCUT2D eigenvalue weighted by Gasteiger charge is 2.17. The summed E-state index contributed by atoms with van der Waals surface area (Å²) in [6.45, 7) is 3.66. The topological polar surface area (TPSA) is 99.7 Å². The van der Waals surface area contributed by atoms with Gasteiger partial charge in [0.2, 0.25) is 5.88 Å². The maximum absolute atomic E-state index is 12.5. The maximum atomic E-state index is 12.5. The molecule has 0 aliphatic rings. The Balaban J connectivity index is 1.54. The summed E-state index contributed by atoms with van der Waals surface area (Å²) in [6, 6.07) is 7.13. The molecular weight excluding hydrogens is 394 g/mol. The number of aromatic nitrogens is 6. The van der Waals surface area contributed by atoms with Crippen LogP contribution in [0.5, 0.6) is 5.88 Å². The number of amides is 1. The zero-order valence-electron chi connectivity index (χ0n) is 16.0. The lowest BCUT2D eigenvalue weighted by Crippen LogP contribution is -2.21. The molecule has 1 amide bonds. The molecule has 0 aliphatic heterocycles. The largest absolute Gasteiger partial charge is 0.466 e. The quantitative estimate of drug-likeness (QED) is 0.542. The standard InChI is InChI=1S/C19H18ClN7O2/c1-11-7-12(2)23-18-16(11)19(25-26(18)3)29-8-15(28)24-14-6-4-5-13(20)17(14)27-10-21-9-22-27/h4-7,9-10H,8H2,1-3H3,(H,24,28). The number of carbonyl (C=O) groups excluding carboxylic acids is 1. The van der Waals surface area contributed by atoms with Crippen molar-refractivity contribution >= 4 is 34.2 Å². The first-order valence-electron chi connectivity index (χ1n) is 8.81. The van der Waals surface area contributed by atoms with Gasteiger partial charge >= 0.3 is 0 Å². The first-order valence-corrected chi connectivity index (χ1v) is 9.19. The van der Waals surface area contributed by atoms with Crippen LogP contribution >= 0.6 is 11.6 Å². The van der Waals surface area contributed by atoms with Gasteiger partial charge < -0.3 is 10.1 Å². The van der Waals surface area contributed by atoms with Gasteiger partial charge in [0, 0.05) is 12.7 Å². The van der Waals surface area contributed by atoms with Gasteiger partial charge in [0.25, 0.3) is 5.91 Å². The van der Waals surface area contributed by atoms with Crippen LogP contribution in [0.25, 0.3) is 16.7 Å². The van der Waals surface area contributed by atoms with Gasteiger partial charge in [-0.1, -0.05) is 17.7 Å². The highest BCUT2D eigenvalue weighted by Crippen LogP contribution is 2.29. The van der Waals surface area contributed by atoms with E-state index in [2.05, 4.69) is 25.5 Å². The number of rotatable bonds is 5. The van der Waals surface area contributed by atoms with Crippen molar-refractivity contribution in [2.24, 2.45) is 7.05 Å². The van der Waals surface area contributed by atoms with Crippen molar-refractivity contribution in [1.82, 2.24) is 29.5 Å². The fraction of sp³-hybridized carbons (Fsp3) is 0.211. The van der Waals surface area contributed by atoms with Gasteiger partial charge in [-0.05, 0) is 37.6 Å². The third-order valence-electron chi connectivity index (χ3n) is 4.34. The average molecular weight is 412 g/mol. The maximum Gasteiger partial charge on any atom is 0.262 e. The molecule has 10 heteroatoms. The van der Waals surface area contributed by atoms with E-state index in [1.807, 2.05) is 19.9 Å². The highest BCUT2D eigenvalue weighted by atomic mass is 35.5. The third-order valence-corrected chi connectivity index (χ3v) is 4.64. The number of halogens is 1. The summed E-state index contributed by atoms with van der Waals surface area (Å²) in [5.74, 6) is 0.00963. The fourth-order valence-corrected chi connectivity index (χ4v) is 3.40. The Morgan fingerprint density at radius 2 is 2.14 bits per heavy atom. The van der Waals surface area contributed by atoms with Gasteiger partial charge in [-0.15, -0.1) is 5.10 Å². The molecule has 29 heavy (non-hydrogen) atoms. The molecular formula is C19H18ClN7O2. The minimum absolute atomic E-state index is 0.220. The molecule has 1 aromatic carbocycles. The molecule has 0 spiro atoms. The molecule has 3 heterocycles. The van der Waals surface area contributed by atoms with Gasteiger partial charge in [-0.25, -0.2) is 19.3 Å². The molecule has 4 rings (SSSR count). The second-order valence-corrected chi connectivity index (χ2v) is 6.93. The zero-order valence-corrected chi connectivity index (χ0v) is 16.8. The van der Waals surface area contributed by atoms with Gasteiger partial charge in [0.1, 0.15) is 18.3 Å². The van der Waals surface area contributed by atoms with Crippen LogP contribution in [-0.2, 0) is 11.8 Å². The van der Waals surface area contributed by atoms with E-state index in [0.717, 1.165) is 16.6 Å². The number of ether oxygens (including phenoxy) is 1. The summed E-state index contributed by atoms with van der Waals surface area (Å²) < 4.78 is 8.83. The van der Waals surface area contributed by atoms with E-state index in [9.17, 15) is 4.79 Å². The Kier molecular flexibility index (Phi) is 4.89. The minimum atomic E-state index is -0.356. The van der Waals surface area contributed by atoms with E-state index in [4.69, 9.17) is 16.3 Å². The Labute approximate surface area is 171 Å². The SMILES string of the molecule is Cc1cc(C)c2c(OCC(=O)Nc3cccc(Cl)c3-n3cncn3)nn(C)c2n1. The van der Waals surface area contributed by atoms with E-state index < -0.39 is 0 Å². The highest BCUT2D eigenvalue weighted by molar-refractivity contribution is 6.33. The van der Waals surface area contributed by atoms with Gasteiger partial charge in [-0.3, -0.25) is 4.79 Å². The smallest absolute Gasteiger partial charge is 0.262 e. The number of hydrogen-bond donors (Lipinski definition) is 1. The van der Waals surface area contributed by atoms with Crippen LogP contribution in [0.15, 0.2) is 36.9 Å². The molecule has 0 saturated heterocycles. The second-order valence-electron chi connectivity index (χ2n) is 6.52. The number of aryl methyl sites for hydroxylation is 3. The lowest BCUT2D eigenvalue weighted by atomic mass is 10.2. The molecule has 0 fully saturated rings. The number of hydrogen-bond acceptors (Lipinski definition) is 6. The molecule has 148 valence electrons. The average Bonchev–Trinajstić information content (AvgIpc) is 3.29. The molecule has 0 bridgehead atoms. The summed E-state index contributed by atoms with van der Waals surface area (Å²) in [7, 11) is 1.79. The Morgan fingerprint density at radius 3 is 2.90 bits per heavy atom. The number of nitrogens with zero attached hydrogens (tertiary/aromatic N) is 6. The number of pyridine rings is 1. The molecule has 0 saturated carbocycles. The van der Waals surface area contributed by atoms with Crippen molar-refractivity contribution in [3.05, 3.63) is 53.2 Å².